The maximum Gasteiger partial charge on any atom is 0.320 e. The molecule has 0 bridgehead atoms. The fraction of sp³-hybridized carbons (Fsp3) is 0.500. The van der Waals surface area contributed by atoms with E-state index in [4.69, 9.17) is 10.8 Å². The molecular formula is C14H21NO2. The Bertz CT molecular complexity index is 357. The van der Waals surface area contributed by atoms with E-state index < -0.39 is 12.0 Å². The predicted molar refractivity (Wildman–Crippen MR) is 68.9 cm³/mol. The van der Waals surface area contributed by atoms with Gasteiger partial charge in [-0.3, -0.25) is 4.79 Å². The molecule has 0 saturated heterocycles. The Kier molecular flexibility index (Phi) is 5.16. The number of carboxylic acids is 1. The van der Waals surface area contributed by atoms with Crippen LogP contribution in [0.15, 0.2) is 24.3 Å². The molecule has 0 saturated carbocycles. The second-order valence-electron chi connectivity index (χ2n) is 4.90. The van der Waals surface area contributed by atoms with Crippen LogP contribution in [0.2, 0.25) is 0 Å². The first-order chi connectivity index (χ1) is 7.99. The van der Waals surface area contributed by atoms with Crippen LogP contribution in [0.4, 0.5) is 0 Å². The van der Waals surface area contributed by atoms with Gasteiger partial charge in [-0.1, -0.05) is 38.1 Å². The zero-order chi connectivity index (χ0) is 12.8. The highest BCUT2D eigenvalue weighted by Crippen LogP contribution is 2.11. The summed E-state index contributed by atoms with van der Waals surface area (Å²) in [6.07, 6.45) is 2.28. The molecule has 17 heavy (non-hydrogen) atoms. The molecule has 0 aliphatic heterocycles. The summed E-state index contributed by atoms with van der Waals surface area (Å²) in [5, 5.41) is 8.68. The van der Waals surface area contributed by atoms with Crippen LogP contribution in [-0.4, -0.2) is 17.1 Å². The second kappa shape index (κ2) is 6.40. The summed E-state index contributed by atoms with van der Waals surface area (Å²) in [5.41, 5.74) is 7.93. The summed E-state index contributed by atoms with van der Waals surface area (Å²) in [6, 6.07) is 7.59. The fourth-order valence-corrected chi connectivity index (χ4v) is 1.76. The summed E-state index contributed by atoms with van der Waals surface area (Å²) < 4.78 is 0. The first kappa shape index (κ1) is 13.7. The van der Waals surface area contributed by atoms with Crippen LogP contribution in [0.3, 0.4) is 0 Å². The van der Waals surface area contributed by atoms with Crippen molar-refractivity contribution < 1.29 is 9.90 Å². The van der Waals surface area contributed by atoms with Crippen molar-refractivity contribution in [2.24, 2.45) is 11.7 Å². The van der Waals surface area contributed by atoms with Gasteiger partial charge in [-0.05, 0) is 36.3 Å². The Balaban J connectivity index is 2.48. The van der Waals surface area contributed by atoms with E-state index in [1.807, 2.05) is 0 Å². The third-order valence-electron chi connectivity index (χ3n) is 2.73. The molecule has 3 N–H and O–H groups in total. The molecule has 0 fully saturated rings. The van der Waals surface area contributed by atoms with Crippen LogP contribution in [0, 0.1) is 5.92 Å². The first-order valence-corrected chi connectivity index (χ1v) is 6.05. The average molecular weight is 235 g/mol. The van der Waals surface area contributed by atoms with Crippen molar-refractivity contribution in [2.45, 2.75) is 39.2 Å². The molecule has 0 amide bonds. The number of nitrogens with two attached hydrogens (primary N) is 1. The highest BCUT2D eigenvalue weighted by Gasteiger charge is 2.10. The van der Waals surface area contributed by atoms with Crippen LogP contribution in [0.1, 0.15) is 31.4 Å². The van der Waals surface area contributed by atoms with Crippen LogP contribution < -0.4 is 5.73 Å². The Labute approximate surface area is 103 Å². The molecular weight excluding hydrogens is 214 g/mol. The van der Waals surface area contributed by atoms with Gasteiger partial charge >= 0.3 is 5.97 Å². The van der Waals surface area contributed by atoms with Crippen LogP contribution in [0.25, 0.3) is 0 Å². The number of aryl methyl sites for hydroxylation is 1. The molecule has 1 aromatic rings. The number of carboxylic acid groups (broad SMARTS) is 1. The van der Waals surface area contributed by atoms with Gasteiger partial charge in [-0.15, -0.1) is 0 Å². The molecule has 1 rings (SSSR count). The van der Waals surface area contributed by atoms with Crippen LogP contribution in [-0.2, 0) is 17.6 Å². The van der Waals surface area contributed by atoms with E-state index in [0.717, 1.165) is 18.4 Å². The standard InChI is InChI=1S/C14H21NO2/c1-10(2)9-12-5-3-11(4-6-12)7-8-13(15)14(16)17/h3-6,10,13H,7-9,15H2,1-2H3,(H,16,17). The van der Waals surface area contributed by atoms with E-state index in [2.05, 4.69) is 38.1 Å². The van der Waals surface area contributed by atoms with E-state index in [0.29, 0.717) is 12.3 Å². The lowest BCUT2D eigenvalue weighted by molar-refractivity contribution is -0.138. The van der Waals surface area contributed by atoms with Gasteiger partial charge < -0.3 is 10.8 Å². The Hall–Kier alpha value is -1.35. The molecule has 1 atom stereocenters. The lowest BCUT2D eigenvalue weighted by Gasteiger charge is -2.08. The Morgan fingerprint density at radius 3 is 2.24 bits per heavy atom. The van der Waals surface area contributed by atoms with E-state index in [1.54, 1.807) is 0 Å². The van der Waals surface area contributed by atoms with Crippen molar-refractivity contribution in [1.29, 1.82) is 0 Å². The van der Waals surface area contributed by atoms with Crippen molar-refractivity contribution in [1.82, 2.24) is 0 Å². The topological polar surface area (TPSA) is 63.3 Å². The van der Waals surface area contributed by atoms with Gasteiger partial charge in [0.15, 0.2) is 0 Å². The third kappa shape index (κ3) is 5.00. The van der Waals surface area contributed by atoms with E-state index >= 15 is 0 Å². The SMILES string of the molecule is CC(C)Cc1ccc(CCC(N)C(=O)O)cc1. The fourth-order valence-electron chi connectivity index (χ4n) is 1.76. The predicted octanol–water partition coefficient (Wildman–Crippen LogP) is 2.23. The monoisotopic (exact) mass is 235 g/mol. The minimum atomic E-state index is -0.929. The van der Waals surface area contributed by atoms with E-state index in [9.17, 15) is 4.79 Å². The zero-order valence-corrected chi connectivity index (χ0v) is 10.5. The van der Waals surface area contributed by atoms with Gasteiger partial charge in [0.1, 0.15) is 6.04 Å². The maximum atomic E-state index is 10.6. The van der Waals surface area contributed by atoms with Gasteiger partial charge in [0.25, 0.3) is 0 Å². The molecule has 1 aromatic carbocycles. The molecule has 94 valence electrons. The molecule has 1 unspecified atom stereocenters. The lowest BCUT2D eigenvalue weighted by Crippen LogP contribution is -2.30. The summed E-state index contributed by atoms with van der Waals surface area (Å²) in [5.74, 6) is -0.275. The van der Waals surface area contributed by atoms with Gasteiger partial charge in [-0.25, -0.2) is 0 Å². The number of hydrogen-bond acceptors (Lipinski definition) is 2. The van der Waals surface area contributed by atoms with Gasteiger partial charge in [-0.2, -0.15) is 0 Å². The highest BCUT2D eigenvalue weighted by molar-refractivity contribution is 5.73. The highest BCUT2D eigenvalue weighted by atomic mass is 16.4. The molecule has 0 spiro atoms. The first-order valence-electron chi connectivity index (χ1n) is 6.05. The van der Waals surface area contributed by atoms with Crippen molar-refractivity contribution in [3.8, 4) is 0 Å². The quantitative estimate of drug-likeness (QED) is 0.794. The zero-order valence-electron chi connectivity index (χ0n) is 10.5. The summed E-state index contributed by atoms with van der Waals surface area (Å²) >= 11 is 0. The smallest absolute Gasteiger partial charge is 0.320 e. The maximum absolute atomic E-state index is 10.6. The van der Waals surface area contributed by atoms with Crippen molar-refractivity contribution in [3.63, 3.8) is 0 Å². The summed E-state index contributed by atoms with van der Waals surface area (Å²) in [6.45, 7) is 4.39. The molecule has 0 aliphatic carbocycles. The molecule has 0 heterocycles. The van der Waals surface area contributed by atoms with Crippen molar-refractivity contribution in [2.75, 3.05) is 0 Å². The lowest BCUT2D eigenvalue weighted by atomic mass is 9.99. The second-order valence-corrected chi connectivity index (χ2v) is 4.90. The molecule has 3 heteroatoms. The number of rotatable bonds is 6. The minimum absolute atomic E-state index is 0.485. The third-order valence-corrected chi connectivity index (χ3v) is 2.73. The van der Waals surface area contributed by atoms with Crippen molar-refractivity contribution in [3.05, 3.63) is 35.4 Å². The molecule has 0 aliphatic rings. The Morgan fingerprint density at radius 2 is 1.76 bits per heavy atom. The van der Waals surface area contributed by atoms with Gasteiger partial charge in [0, 0.05) is 0 Å². The summed E-state index contributed by atoms with van der Waals surface area (Å²) in [7, 11) is 0. The van der Waals surface area contributed by atoms with Crippen LogP contribution >= 0.6 is 0 Å². The number of carbonyl (C=O) groups is 1. The summed E-state index contributed by atoms with van der Waals surface area (Å²) in [4.78, 5) is 10.6. The van der Waals surface area contributed by atoms with E-state index in [1.165, 1.54) is 5.56 Å². The minimum Gasteiger partial charge on any atom is -0.480 e. The van der Waals surface area contributed by atoms with Gasteiger partial charge in [0.2, 0.25) is 0 Å². The molecule has 0 aromatic heterocycles. The van der Waals surface area contributed by atoms with Crippen molar-refractivity contribution >= 4 is 5.97 Å². The molecule has 0 radical (unpaired) electrons. The molecule has 3 nitrogen and oxygen atoms in total. The normalized spacial score (nSPS) is 12.7. The Morgan fingerprint density at radius 1 is 1.24 bits per heavy atom. The van der Waals surface area contributed by atoms with Gasteiger partial charge in [0.05, 0.1) is 0 Å². The largest absolute Gasteiger partial charge is 0.480 e. The van der Waals surface area contributed by atoms with Crippen LogP contribution in [0.5, 0.6) is 0 Å². The number of benzene rings is 1. The number of hydrogen-bond donors (Lipinski definition) is 2. The average Bonchev–Trinajstić information content (AvgIpc) is 2.26. The van der Waals surface area contributed by atoms with E-state index in [-0.39, 0.29) is 0 Å². The number of aliphatic carboxylic acids is 1.